The van der Waals surface area contributed by atoms with Crippen LogP contribution < -0.4 is 10.6 Å². The maximum Gasteiger partial charge on any atom is 0.237 e. The minimum absolute atomic E-state index is 0.0674. The van der Waals surface area contributed by atoms with Gasteiger partial charge in [-0.3, -0.25) is 9.78 Å². The predicted molar refractivity (Wildman–Crippen MR) is 73.1 cm³/mol. The Morgan fingerprint density at radius 2 is 2.39 bits per heavy atom. The molecule has 3 rings (SSSR count). The van der Waals surface area contributed by atoms with E-state index < -0.39 is 0 Å². The van der Waals surface area contributed by atoms with Gasteiger partial charge in [0.05, 0.1) is 21.3 Å². The molecule has 2 aromatic rings. The third kappa shape index (κ3) is 2.21. The van der Waals surface area contributed by atoms with Crippen molar-refractivity contribution in [1.29, 1.82) is 0 Å². The molecule has 1 atom stereocenters. The Morgan fingerprint density at radius 3 is 3.17 bits per heavy atom. The highest BCUT2D eigenvalue weighted by Crippen LogP contribution is 2.30. The van der Waals surface area contributed by atoms with E-state index in [1.165, 1.54) is 0 Å². The number of nitrogens with zero attached hydrogens (tertiary/aromatic N) is 1. The van der Waals surface area contributed by atoms with Gasteiger partial charge < -0.3 is 10.6 Å². The van der Waals surface area contributed by atoms with Crippen molar-refractivity contribution in [3.05, 3.63) is 28.2 Å². The highest BCUT2D eigenvalue weighted by Gasteiger charge is 2.22. The molecule has 0 aliphatic carbocycles. The minimum Gasteiger partial charge on any atom is -0.353 e. The summed E-state index contributed by atoms with van der Waals surface area (Å²) in [7, 11) is 0. The summed E-state index contributed by atoms with van der Waals surface area (Å²) in [4.78, 5) is 17.1. The Balaban J connectivity index is 1.86. The summed E-state index contributed by atoms with van der Waals surface area (Å²) >= 11 is 7.72. The number of thiophene rings is 1. The fraction of sp³-hybridized carbons (Fsp3) is 0.333. The second-order valence-electron chi connectivity index (χ2n) is 4.22. The van der Waals surface area contributed by atoms with Crippen molar-refractivity contribution in [2.75, 3.05) is 13.1 Å². The first-order valence-corrected chi connectivity index (χ1v) is 6.97. The largest absolute Gasteiger partial charge is 0.353 e. The van der Waals surface area contributed by atoms with Gasteiger partial charge in [-0.25, -0.2) is 0 Å². The van der Waals surface area contributed by atoms with Crippen molar-refractivity contribution in [2.45, 2.75) is 12.5 Å². The number of carbonyl (C=O) groups is 1. The van der Waals surface area contributed by atoms with Gasteiger partial charge in [-0.2, -0.15) is 0 Å². The van der Waals surface area contributed by atoms with Gasteiger partial charge in [-0.1, -0.05) is 11.6 Å². The molecule has 1 saturated heterocycles. The van der Waals surface area contributed by atoms with Gasteiger partial charge in [0.15, 0.2) is 0 Å². The fourth-order valence-corrected chi connectivity index (χ4v) is 3.40. The van der Waals surface area contributed by atoms with Crippen LogP contribution in [0, 0.1) is 0 Å². The summed E-state index contributed by atoms with van der Waals surface area (Å²) in [6, 6.07) is 3.65. The van der Waals surface area contributed by atoms with E-state index in [1.54, 1.807) is 23.6 Å². The van der Waals surface area contributed by atoms with E-state index >= 15 is 0 Å². The number of carbonyl (C=O) groups excluding carboxylic acids is 1. The molecule has 18 heavy (non-hydrogen) atoms. The number of fused-ring (bicyclic) bond motifs is 1. The predicted octanol–water partition coefficient (Wildman–Crippen LogP) is 1.58. The molecule has 0 aromatic carbocycles. The van der Waals surface area contributed by atoms with Crippen LogP contribution in [-0.4, -0.2) is 30.0 Å². The van der Waals surface area contributed by atoms with E-state index in [1.807, 2.05) is 6.07 Å². The summed E-state index contributed by atoms with van der Waals surface area (Å²) in [5.41, 5.74) is 0.902. The highest BCUT2D eigenvalue weighted by molar-refractivity contribution is 7.19. The molecule has 6 heteroatoms. The lowest BCUT2D eigenvalue weighted by Crippen LogP contribution is -2.53. The molecule has 1 unspecified atom stereocenters. The maximum atomic E-state index is 11.7. The van der Waals surface area contributed by atoms with Gasteiger partial charge >= 0.3 is 0 Å². The first-order valence-electron chi connectivity index (χ1n) is 5.78. The van der Waals surface area contributed by atoms with Crippen molar-refractivity contribution in [3.63, 3.8) is 0 Å². The van der Waals surface area contributed by atoms with E-state index in [0.29, 0.717) is 13.0 Å². The molecule has 2 aromatic heterocycles. The Labute approximate surface area is 113 Å². The van der Waals surface area contributed by atoms with Crippen LogP contribution in [0.4, 0.5) is 0 Å². The summed E-state index contributed by atoms with van der Waals surface area (Å²) in [6.45, 7) is 1.52. The van der Waals surface area contributed by atoms with Gasteiger partial charge in [-0.15, -0.1) is 11.3 Å². The summed E-state index contributed by atoms with van der Waals surface area (Å²) in [6.07, 6.45) is 2.38. The number of halogens is 1. The molecule has 0 radical (unpaired) electrons. The van der Waals surface area contributed by atoms with Gasteiger partial charge in [-0.05, 0) is 12.1 Å². The third-order valence-electron chi connectivity index (χ3n) is 2.95. The Kier molecular flexibility index (Phi) is 3.20. The quantitative estimate of drug-likeness (QED) is 0.879. The number of hydrogen-bond acceptors (Lipinski definition) is 4. The second kappa shape index (κ2) is 4.84. The monoisotopic (exact) mass is 281 g/mol. The minimum atomic E-state index is -0.148. The van der Waals surface area contributed by atoms with Crippen molar-refractivity contribution in [3.8, 4) is 0 Å². The molecule has 0 saturated carbocycles. The van der Waals surface area contributed by atoms with E-state index in [4.69, 9.17) is 11.6 Å². The number of amides is 1. The molecule has 1 aliphatic rings. The number of piperazine rings is 1. The molecule has 1 aliphatic heterocycles. The van der Waals surface area contributed by atoms with Crippen molar-refractivity contribution >= 4 is 39.1 Å². The number of rotatable bonds is 2. The van der Waals surface area contributed by atoms with Crippen LogP contribution in [0.3, 0.4) is 0 Å². The zero-order valence-electron chi connectivity index (χ0n) is 9.57. The topological polar surface area (TPSA) is 54.0 Å². The van der Waals surface area contributed by atoms with Crippen molar-refractivity contribution in [2.24, 2.45) is 0 Å². The van der Waals surface area contributed by atoms with Crippen LogP contribution in [0.5, 0.6) is 0 Å². The Morgan fingerprint density at radius 1 is 1.50 bits per heavy atom. The lowest BCUT2D eigenvalue weighted by molar-refractivity contribution is -0.124. The molecule has 0 spiro atoms. The zero-order chi connectivity index (χ0) is 12.5. The molecule has 3 heterocycles. The van der Waals surface area contributed by atoms with E-state index in [2.05, 4.69) is 15.6 Å². The summed E-state index contributed by atoms with van der Waals surface area (Å²) < 4.78 is 0.991. The van der Waals surface area contributed by atoms with Gasteiger partial charge in [0, 0.05) is 30.6 Å². The summed E-state index contributed by atoms with van der Waals surface area (Å²) in [5.74, 6) is 0.0674. The van der Waals surface area contributed by atoms with Gasteiger partial charge in [0.25, 0.3) is 0 Å². The highest BCUT2D eigenvalue weighted by atomic mass is 35.5. The number of pyridine rings is 1. The smallest absolute Gasteiger partial charge is 0.237 e. The first-order chi connectivity index (χ1) is 8.74. The molecule has 2 N–H and O–H groups in total. The van der Waals surface area contributed by atoms with Crippen LogP contribution in [0.2, 0.25) is 5.02 Å². The average molecular weight is 282 g/mol. The van der Waals surface area contributed by atoms with Crippen LogP contribution in [-0.2, 0) is 11.2 Å². The zero-order valence-corrected chi connectivity index (χ0v) is 11.1. The molecular formula is C12H12ClN3OS. The second-order valence-corrected chi connectivity index (χ2v) is 5.77. The van der Waals surface area contributed by atoms with E-state index in [0.717, 1.165) is 26.7 Å². The third-order valence-corrected chi connectivity index (χ3v) is 4.56. The SMILES string of the molecule is O=C1NCCNC1Cc1cc2nccc(Cl)c2s1. The normalized spacial score (nSPS) is 20.1. The Bertz CT molecular complexity index is 598. The van der Waals surface area contributed by atoms with Crippen molar-refractivity contribution < 1.29 is 4.79 Å². The van der Waals surface area contributed by atoms with E-state index in [9.17, 15) is 4.79 Å². The number of nitrogens with one attached hydrogen (secondary N) is 2. The molecule has 4 nitrogen and oxygen atoms in total. The maximum absolute atomic E-state index is 11.7. The fourth-order valence-electron chi connectivity index (χ4n) is 2.07. The lowest BCUT2D eigenvalue weighted by atomic mass is 10.1. The number of aromatic nitrogens is 1. The first kappa shape index (κ1) is 11.9. The van der Waals surface area contributed by atoms with Crippen LogP contribution in [0.1, 0.15) is 4.88 Å². The molecule has 0 bridgehead atoms. The van der Waals surface area contributed by atoms with Gasteiger partial charge in [0.1, 0.15) is 0 Å². The molecule has 1 amide bonds. The van der Waals surface area contributed by atoms with Crippen LogP contribution in [0.15, 0.2) is 18.3 Å². The van der Waals surface area contributed by atoms with Gasteiger partial charge in [0.2, 0.25) is 5.91 Å². The number of hydrogen-bond donors (Lipinski definition) is 2. The summed E-state index contributed by atoms with van der Waals surface area (Å²) in [5, 5.41) is 6.80. The molecular weight excluding hydrogens is 270 g/mol. The van der Waals surface area contributed by atoms with E-state index in [-0.39, 0.29) is 11.9 Å². The van der Waals surface area contributed by atoms with Crippen molar-refractivity contribution in [1.82, 2.24) is 15.6 Å². The molecule has 94 valence electrons. The van der Waals surface area contributed by atoms with Crippen LogP contribution in [0.25, 0.3) is 10.2 Å². The Hall–Kier alpha value is -1.17. The molecule has 1 fully saturated rings. The standard InChI is InChI=1S/C12H12ClN3OS/c13-8-1-2-14-9-5-7(18-11(8)9)6-10-12(17)16-4-3-15-10/h1-2,5,10,15H,3-4,6H2,(H,16,17). The lowest BCUT2D eigenvalue weighted by Gasteiger charge is -2.22. The average Bonchev–Trinajstić information content (AvgIpc) is 2.76. The van der Waals surface area contributed by atoms with Crippen LogP contribution >= 0.6 is 22.9 Å².